The van der Waals surface area contributed by atoms with Crippen molar-refractivity contribution in [3.8, 4) is 5.75 Å². The van der Waals surface area contributed by atoms with Crippen molar-refractivity contribution in [2.75, 3.05) is 6.61 Å². The zero-order valence-corrected chi connectivity index (χ0v) is 10.5. The Hall–Kier alpha value is -0.350. The van der Waals surface area contributed by atoms with Gasteiger partial charge in [0.05, 0.1) is 21.5 Å². The molecule has 0 N–H and O–H groups in total. The summed E-state index contributed by atoms with van der Waals surface area (Å²) in [5, 5.41) is 0. The molecule has 0 radical (unpaired) electrons. The minimum absolute atomic E-state index is 0.0961. The van der Waals surface area contributed by atoms with Crippen molar-refractivity contribution in [1.82, 2.24) is 0 Å². The molecule has 2 nitrogen and oxygen atoms in total. The van der Waals surface area contributed by atoms with Gasteiger partial charge in [0.25, 0.3) is 0 Å². The van der Waals surface area contributed by atoms with E-state index >= 15 is 0 Å². The van der Waals surface area contributed by atoms with Gasteiger partial charge in [-0.05, 0) is 28.1 Å². The molecular formula is C10H8Br2O2. The van der Waals surface area contributed by atoms with Gasteiger partial charge in [-0.3, -0.25) is 4.79 Å². The van der Waals surface area contributed by atoms with Gasteiger partial charge in [-0.2, -0.15) is 0 Å². The van der Waals surface area contributed by atoms with Gasteiger partial charge >= 0.3 is 0 Å². The molecule has 0 amide bonds. The molecular weight excluding hydrogens is 312 g/mol. The highest BCUT2D eigenvalue weighted by molar-refractivity contribution is 9.10. The quantitative estimate of drug-likeness (QED) is 0.687. The summed E-state index contributed by atoms with van der Waals surface area (Å²) in [6.45, 7) is 0.567. The lowest BCUT2D eigenvalue weighted by Crippen LogP contribution is -2.12. The van der Waals surface area contributed by atoms with Gasteiger partial charge < -0.3 is 4.74 Å². The maximum atomic E-state index is 11.8. The Labute approximate surface area is 98.9 Å². The normalized spacial score (nSPS) is 21.0. The summed E-state index contributed by atoms with van der Waals surface area (Å²) in [7, 11) is 0. The van der Waals surface area contributed by atoms with E-state index in [2.05, 4.69) is 31.9 Å². The fourth-order valence-corrected chi connectivity index (χ4v) is 2.33. The van der Waals surface area contributed by atoms with E-state index in [-0.39, 0.29) is 10.6 Å². The third-order valence-electron chi connectivity index (χ3n) is 2.13. The summed E-state index contributed by atoms with van der Waals surface area (Å²) >= 11 is 6.72. The number of benzene rings is 1. The number of hydrogen-bond acceptors (Lipinski definition) is 2. The number of hydrogen-bond donors (Lipinski definition) is 0. The summed E-state index contributed by atoms with van der Waals surface area (Å²) in [6, 6.07) is 5.51. The van der Waals surface area contributed by atoms with Crippen molar-refractivity contribution in [1.29, 1.82) is 0 Å². The standard InChI is InChI=1S/C10H8Br2O2/c11-7-4-5-14-10-6(9(7)13)2-1-3-8(10)12/h1-3,7H,4-5H2. The molecule has 1 aliphatic rings. The number of ether oxygens (including phenoxy) is 1. The number of Topliss-reactive ketones (excluding diaryl/α,β-unsaturated/α-hetero) is 1. The number of carbonyl (C=O) groups is 1. The molecule has 4 heteroatoms. The van der Waals surface area contributed by atoms with Crippen molar-refractivity contribution in [3.63, 3.8) is 0 Å². The summed E-state index contributed by atoms with van der Waals surface area (Å²) in [4.78, 5) is 11.7. The second kappa shape index (κ2) is 4.03. The van der Waals surface area contributed by atoms with Gasteiger partial charge in [-0.25, -0.2) is 0 Å². The molecule has 1 heterocycles. The lowest BCUT2D eigenvalue weighted by Gasteiger charge is -2.07. The van der Waals surface area contributed by atoms with Gasteiger partial charge in [0.15, 0.2) is 5.78 Å². The molecule has 2 rings (SSSR count). The second-order valence-corrected chi connectivity index (χ2v) is 5.05. The van der Waals surface area contributed by atoms with E-state index in [9.17, 15) is 4.79 Å². The molecule has 1 unspecified atom stereocenters. The van der Waals surface area contributed by atoms with Crippen LogP contribution in [0.2, 0.25) is 0 Å². The summed E-state index contributed by atoms with van der Waals surface area (Å²) in [5.74, 6) is 0.762. The maximum absolute atomic E-state index is 11.8. The van der Waals surface area contributed by atoms with E-state index in [1.165, 1.54) is 0 Å². The Balaban J connectivity index is 2.53. The van der Waals surface area contributed by atoms with E-state index < -0.39 is 0 Å². The third kappa shape index (κ3) is 1.73. The molecule has 0 saturated carbocycles. The largest absolute Gasteiger partial charge is 0.492 e. The summed E-state index contributed by atoms with van der Waals surface area (Å²) in [6.07, 6.45) is 0.708. The van der Waals surface area contributed by atoms with Crippen molar-refractivity contribution in [3.05, 3.63) is 28.2 Å². The summed E-state index contributed by atoms with van der Waals surface area (Å²) < 4.78 is 6.36. The fraction of sp³-hybridized carbons (Fsp3) is 0.300. The van der Waals surface area contributed by atoms with Crippen LogP contribution in [0.15, 0.2) is 22.7 Å². The third-order valence-corrected chi connectivity index (χ3v) is 3.63. The van der Waals surface area contributed by atoms with Crippen LogP contribution in [-0.2, 0) is 0 Å². The lowest BCUT2D eigenvalue weighted by molar-refractivity contribution is 0.0991. The molecule has 0 bridgehead atoms. The van der Waals surface area contributed by atoms with Crippen LogP contribution in [0.5, 0.6) is 5.75 Å². The molecule has 0 spiro atoms. The van der Waals surface area contributed by atoms with E-state index in [1.807, 2.05) is 12.1 Å². The molecule has 14 heavy (non-hydrogen) atoms. The van der Waals surface area contributed by atoms with Crippen molar-refractivity contribution in [2.24, 2.45) is 0 Å². The zero-order chi connectivity index (χ0) is 10.1. The van der Waals surface area contributed by atoms with Gasteiger partial charge in [0.2, 0.25) is 0 Å². The number of fused-ring (bicyclic) bond motifs is 1. The zero-order valence-electron chi connectivity index (χ0n) is 7.30. The van der Waals surface area contributed by atoms with Gasteiger partial charge in [-0.15, -0.1) is 0 Å². The fourth-order valence-electron chi connectivity index (χ4n) is 1.41. The SMILES string of the molecule is O=C1c2cccc(Br)c2OCCC1Br. The Morgan fingerprint density at radius 2 is 2.21 bits per heavy atom. The van der Waals surface area contributed by atoms with Crippen LogP contribution < -0.4 is 4.74 Å². The van der Waals surface area contributed by atoms with Crippen LogP contribution in [0.4, 0.5) is 0 Å². The number of ketones is 1. The molecule has 1 aromatic rings. The molecule has 1 atom stereocenters. The van der Waals surface area contributed by atoms with Crippen LogP contribution >= 0.6 is 31.9 Å². The molecule has 1 aromatic carbocycles. The maximum Gasteiger partial charge on any atom is 0.180 e. The van der Waals surface area contributed by atoms with E-state index in [0.29, 0.717) is 24.3 Å². The first-order valence-corrected chi connectivity index (χ1v) is 6.00. The van der Waals surface area contributed by atoms with Crippen LogP contribution in [0, 0.1) is 0 Å². The number of halogens is 2. The van der Waals surface area contributed by atoms with Crippen LogP contribution in [0.25, 0.3) is 0 Å². The topological polar surface area (TPSA) is 26.3 Å². The Morgan fingerprint density at radius 3 is 3.00 bits per heavy atom. The number of alkyl halides is 1. The van der Waals surface area contributed by atoms with Crippen molar-refractivity contribution >= 4 is 37.6 Å². The number of para-hydroxylation sites is 1. The van der Waals surface area contributed by atoms with Crippen molar-refractivity contribution in [2.45, 2.75) is 11.2 Å². The minimum atomic E-state index is -0.127. The average molecular weight is 320 g/mol. The monoisotopic (exact) mass is 318 g/mol. The van der Waals surface area contributed by atoms with Gasteiger partial charge in [0, 0.05) is 6.42 Å². The molecule has 0 aliphatic carbocycles. The highest BCUT2D eigenvalue weighted by Crippen LogP contribution is 2.33. The predicted octanol–water partition coefficient (Wildman–Crippen LogP) is 3.18. The van der Waals surface area contributed by atoms with Gasteiger partial charge in [-0.1, -0.05) is 22.0 Å². The van der Waals surface area contributed by atoms with Crippen molar-refractivity contribution < 1.29 is 9.53 Å². The Kier molecular flexibility index (Phi) is 2.93. The number of rotatable bonds is 0. The average Bonchev–Trinajstić information content (AvgIpc) is 2.31. The first kappa shape index (κ1) is 10.2. The van der Waals surface area contributed by atoms with E-state index in [1.54, 1.807) is 6.07 Å². The molecule has 0 saturated heterocycles. The highest BCUT2D eigenvalue weighted by atomic mass is 79.9. The predicted molar refractivity (Wildman–Crippen MR) is 61.3 cm³/mol. The minimum Gasteiger partial charge on any atom is -0.492 e. The molecule has 74 valence electrons. The van der Waals surface area contributed by atoms with Crippen LogP contribution in [0.1, 0.15) is 16.8 Å². The lowest BCUT2D eigenvalue weighted by atomic mass is 10.1. The van der Waals surface area contributed by atoms with Gasteiger partial charge in [0.1, 0.15) is 5.75 Å². The first-order chi connectivity index (χ1) is 6.70. The highest BCUT2D eigenvalue weighted by Gasteiger charge is 2.25. The first-order valence-electron chi connectivity index (χ1n) is 4.30. The Bertz CT molecular complexity index is 376. The summed E-state index contributed by atoms with van der Waals surface area (Å²) in [5.41, 5.74) is 0.652. The molecule has 0 fully saturated rings. The van der Waals surface area contributed by atoms with E-state index in [4.69, 9.17) is 4.74 Å². The second-order valence-electron chi connectivity index (χ2n) is 3.09. The van der Waals surface area contributed by atoms with Crippen LogP contribution in [0.3, 0.4) is 0 Å². The number of carbonyl (C=O) groups excluding carboxylic acids is 1. The molecule has 1 aliphatic heterocycles. The molecule has 0 aromatic heterocycles. The smallest absolute Gasteiger partial charge is 0.180 e. The van der Waals surface area contributed by atoms with E-state index in [0.717, 1.165) is 4.47 Å². The van der Waals surface area contributed by atoms with Crippen LogP contribution in [-0.4, -0.2) is 17.2 Å². The Morgan fingerprint density at radius 1 is 1.43 bits per heavy atom.